The molecule has 0 radical (unpaired) electrons. The predicted octanol–water partition coefficient (Wildman–Crippen LogP) is 12.4. The molecule has 5 heteroatoms. The maximum Gasteiger partial charge on any atom is 0.172 e. The van der Waals surface area contributed by atoms with Crippen molar-refractivity contribution in [3.05, 3.63) is 174 Å². The monoisotopic (exact) mass is 706 g/mol. The molecule has 0 N–H and O–H groups in total. The van der Waals surface area contributed by atoms with Crippen LogP contribution in [0.3, 0.4) is 0 Å². The van der Waals surface area contributed by atoms with Crippen LogP contribution in [0.25, 0.3) is 87.7 Å². The van der Waals surface area contributed by atoms with Crippen LogP contribution in [-0.4, -0.2) is 15.0 Å². The second-order valence-electron chi connectivity index (χ2n) is 14.2. The van der Waals surface area contributed by atoms with Gasteiger partial charge in [0.25, 0.3) is 0 Å². The minimum Gasteiger partial charge on any atom is -0.208 e. The molecule has 0 atom stereocenters. The fourth-order valence-electron chi connectivity index (χ4n) is 7.95. The lowest BCUT2D eigenvalue weighted by molar-refractivity contribution is 0.660. The Bertz CT molecular complexity index is 2920. The minimum absolute atomic E-state index is 0.263. The maximum atomic E-state index is 9.69. The zero-order valence-electron chi connectivity index (χ0n) is 29.6. The Kier molecular flexibility index (Phi) is 7.27. The highest BCUT2D eigenvalue weighted by molar-refractivity contribution is 7.26. The van der Waals surface area contributed by atoms with E-state index in [9.17, 15) is 5.26 Å². The van der Waals surface area contributed by atoms with Gasteiger partial charge in [0.15, 0.2) is 17.5 Å². The Balaban J connectivity index is 1.19. The molecule has 2 aromatic heterocycles. The minimum atomic E-state index is -0.263. The quantitative estimate of drug-likeness (QED) is 0.179. The highest BCUT2D eigenvalue weighted by Gasteiger charge is 2.36. The second-order valence-corrected chi connectivity index (χ2v) is 15.3. The molecule has 0 saturated heterocycles. The molecule has 7 aromatic carbocycles. The lowest BCUT2D eigenvalue weighted by Gasteiger charge is -2.22. The highest BCUT2D eigenvalue weighted by atomic mass is 32.1. The van der Waals surface area contributed by atoms with Crippen LogP contribution in [0, 0.1) is 23.5 Å². The molecule has 0 fully saturated rings. The van der Waals surface area contributed by atoms with Crippen LogP contribution in [0.4, 0.5) is 0 Å². The molecule has 1 aliphatic rings. The van der Waals surface area contributed by atoms with Gasteiger partial charge in [-0.25, -0.2) is 15.0 Å². The van der Waals surface area contributed by atoms with Crippen molar-refractivity contribution in [3.63, 3.8) is 0 Å². The van der Waals surface area contributed by atoms with Crippen molar-refractivity contribution in [1.82, 2.24) is 15.0 Å². The van der Waals surface area contributed by atoms with E-state index in [2.05, 4.69) is 105 Å². The van der Waals surface area contributed by atoms with Gasteiger partial charge in [-0.3, -0.25) is 0 Å². The van der Waals surface area contributed by atoms with E-state index < -0.39 is 0 Å². The molecule has 2 heterocycles. The maximum absolute atomic E-state index is 9.69. The highest BCUT2D eigenvalue weighted by Crippen LogP contribution is 2.51. The first-order valence-electron chi connectivity index (χ1n) is 17.9. The Morgan fingerprint density at radius 1 is 0.574 bits per heavy atom. The lowest BCUT2D eigenvalue weighted by atomic mass is 9.80. The van der Waals surface area contributed by atoms with Crippen molar-refractivity contribution in [2.75, 3.05) is 0 Å². The number of thiophene rings is 1. The zero-order valence-corrected chi connectivity index (χ0v) is 30.4. The Morgan fingerprint density at radius 3 is 1.93 bits per heavy atom. The molecular formula is C49H30N4S. The summed E-state index contributed by atoms with van der Waals surface area (Å²) in [5.74, 6) is 1.75. The molecule has 0 saturated carbocycles. The van der Waals surface area contributed by atoms with Crippen LogP contribution in [0.15, 0.2) is 146 Å². The van der Waals surface area contributed by atoms with Crippen LogP contribution >= 0.6 is 11.3 Å². The van der Waals surface area contributed by atoms with Crippen molar-refractivity contribution in [2.24, 2.45) is 0 Å². The SMILES string of the molecule is CC1(C)c2cc(C#N)ccc2-c2ccc(-c3ccc4sc5ccccc5c4c3-c3cc#cc(-c4nc(-c5ccccc5)nc(-c5ccccc5)n4)c3)cc21. The lowest BCUT2D eigenvalue weighted by Crippen LogP contribution is -2.15. The van der Waals surface area contributed by atoms with E-state index in [4.69, 9.17) is 15.0 Å². The van der Waals surface area contributed by atoms with Gasteiger partial charge in [-0.05, 0) is 87.0 Å². The van der Waals surface area contributed by atoms with E-state index in [1.54, 1.807) is 0 Å². The Labute approximate surface area is 317 Å². The molecule has 10 rings (SSSR count). The van der Waals surface area contributed by atoms with Crippen molar-refractivity contribution < 1.29 is 0 Å². The molecule has 0 bridgehead atoms. The first kappa shape index (κ1) is 31.8. The van der Waals surface area contributed by atoms with Crippen molar-refractivity contribution in [2.45, 2.75) is 19.3 Å². The summed E-state index contributed by atoms with van der Waals surface area (Å²) in [6.07, 6.45) is 0. The van der Waals surface area contributed by atoms with Crippen molar-refractivity contribution >= 4 is 31.5 Å². The van der Waals surface area contributed by atoms with Gasteiger partial charge >= 0.3 is 0 Å². The Morgan fingerprint density at radius 2 is 1.20 bits per heavy atom. The smallest absolute Gasteiger partial charge is 0.172 e. The van der Waals surface area contributed by atoms with E-state index in [0.717, 1.165) is 38.9 Å². The molecular weight excluding hydrogens is 677 g/mol. The molecule has 54 heavy (non-hydrogen) atoms. The molecule has 0 aliphatic heterocycles. The number of aromatic nitrogens is 3. The zero-order chi connectivity index (χ0) is 36.4. The number of rotatable bonds is 5. The third kappa shape index (κ3) is 5.10. The number of nitriles is 1. The topological polar surface area (TPSA) is 62.5 Å². The van der Waals surface area contributed by atoms with E-state index in [1.807, 2.05) is 84.1 Å². The molecule has 9 aromatic rings. The molecule has 1 aliphatic carbocycles. The van der Waals surface area contributed by atoms with Crippen LogP contribution in [-0.2, 0) is 5.41 Å². The van der Waals surface area contributed by atoms with Gasteiger partial charge in [0.05, 0.1) is 17.2 Å². The fraction of sp³-hybridized carbons (Fsp3) is 0.0612. The van der Waals surface area contributed by atoms with Gasteiger partial charge in [0, 0.05) is 36.7 Å². The predicted molar refractivity (Wildman–Crippen MR) is 220 cm³/mol. The molecule has 0 spiro atoms. The third-order valence-corrected chi connectivity index (χ3v) is 11.8. The third-order valence-electron chi connectivity index (χ3n) is 10.6. The van der Waals surface area contributed by atoms with Gasteiger partial charge in [-0.15, -0.1) is 11.3 Å². The molecule has 0 unspecified atom stereocenters. The summed E-state index contributed by atoms with van der Waals surface area (Å²) >= 11 is 1.81. The standard InChI is InChI=1S/C49H30N4S/c1-49(2)40-26-30(29-50)20-22-37(40)38-23-21-33(28-41(38)49)36-24-25-43-45(39-18-9-10-19-42(39)54-43)44(36)34-16-11-17-35(27-34)48-52-46(31-12-5-3-6-13-31)51-47(53-48)32-14-7-4-8-15-32/h3-10,12-16,18-28H,1-2H3. The van der Waals surface area contributed by atoms with E-state index in [1.165, 1.54) is 42.4 Å². The van der Waals surface area contributed by atoms with Gasteiger partial charge in [0.1, 0.15) is 0 Å². The van der Waals surface area contributed by atoms with E-state index in [-0.39, 0.29) is 5.41 Å². The van der Waals surface area contributed by atoms with Crippen molar-refractivity contribution in [1.29, 1.82) is 5.26 Å². The van der Waals surface area contributed by atoms with Crippen LogP contribution in [0.1, 0.15) is 30.5 Å². The van der Waals surface area contributed by atoms with Gasteiger partial charge in [-0.1, -0.05) is 129 Å². The summed E-state index contributed by atoms with van der Waals surface area (Å²) in [5, 5.41) is 12.1. The van der Waals surface area contributed by atoms with E-state index >= 15 is 0 Å². The number of nitrogens with zero attached hydrogens (tertiary/aromatic N) is 4. The molecule has 4 nitrogen and oxygen atoms in total. The average molecular weight is 707 g/mol. The van der Waals surface area contributed by atoms with Gasteiger partial charge in [-0.2, -0.15) is 5.26 Å². The summed E-state index contributed by atoms with van der Waals surface area (Å²) in [4.78, 5) is 14.9. The number of benzene rings is 6. The second kappa shape index (κ2) is 12.3. The normalized spacial score (nSPS) is 12.6. The fourth-order valence-corrected chi connectivity index (χ4v) is 9.06. The summed E-state index contributed by atoms with van der Waals surface area (Å²) in [6.45, 7) is 4.52. The largest absolute Gasteiger partial charge is 0.208 e. The summed E-state index contributed by atoms with van der Waals surface area (Å²) < 4.78 is 2.47. The first-order valence-corrected chi connectivity index (χ1v) is 18.7. The van der Waals surface area contributed by atoms with E-state index in [0.29, 0.717) is 23.0 Å². The van der Waals surface area contributed by atoms with Crippen LogP contribution in [0.2, 0.25) is 0 Å². The summed E-state index contributed by atoms with van der Waals surface area (Å²) in [7, 11) is 0. The number of hydrogen-bond donors (Lipinski definition) is 0. The molecule has 252 valence electrons. The first-order chi connectivity index (χ1) is 26.5. The van der Waals surface area contributed by atoms with Gasteiger partial charge in [0.2, 0.25) is 0 Å². The van der Waals surface area contributed by atoms with Crippen molar-refractivity contribution in [3.8, 4) is 73.6 Å². The van der Waals surface area contributed by atoms with Gasteiger partial charge < -0.3 is 0 Å². The average Bonchev–Trinajstić information content (AvgIpc) is 3.72. The Hall–Kier alpha value is -6.92. The summed E-state index contributed by atoms with van der Waals surface area (Å²) in [6, 6.07) is 59.4. The number of hydrogen-bond acceptors (Lipinski definition) is 5. The summed E-state index contributed by atoms with van der Waals surface area (Å²) in [5.41, 5.74) is 12.3. The van der Waals surface area contributed by atoms with Crippen LogP contribution in [0.5, 0.6) is 0 Å². The molecule has 0 amide bonds. The van der Waals surface area contributed by atoms with Crippen LogP contribution < -0.4 is 0 Å². The number of fused-ring (bicyclic) bond motifs is 6.